The summed E-state index contributed by atoms with van der Waals surface area (Å²) in [7, 11) is 0. The number of aryl methyl sites for hydroxylation is 2. The maximum atomic E-state index is 8.47. The van der Waals surface area contributed by atoms with Crippen LogP contribution in [0.4, 0.5) is 0 Å². The maximum absolute atomic E-state index is 8.47. The number of benzene rings is 1. The second kappa shape index (κ2) is 4.14. The van der Waals surface area contributed by atoms with E-state index in [0.717, 1.165) is 12.8 Å². The fourth-order valence-electron chi connectivity index (χ4n) is 1.10. The Morgan fingerprint density at radius 1 is 1.45 bits per heavy atom. The largest absolute Gasteiger partial charge is 0.390 e. The number of hydrogen-bond donors (Lipinski definition) is 1. The predicted octanol–water partition coefficient (Wildman–Crippen LogP) is 2.46. The van der Waals surface area contributed by atoms with Gasteiger partial charge < -0.3 is 5.11 Å². The van der Waals surface area contributed by atoms with Gasteiger partial charge >= 0.3 is 0 Å². The van der Waals surface area contributed by atoms with Crippen molar-refractivity contribution in [2.75, 3.05) is 0 Å². The molecule has 0 saturated carbocycles. The van der Waals surface area contributed by atoms with Gasteiger partial charge in [0, 0.05) is 0 Å². The molecule has 1 N–H and O–H groups in total. The topological polar surface area (TPSA) is 20.2 Å². The van der Waals surface area contributed by atoms with E-state index in [9.17, 15) is 0 Å². The Labute approximate surface area is 67.7 Å². The quantitative estimate of drug-likeness (QED) is 0.700. The standard InChI is InChI=1S/C10H13O/c1-9-4-2-5-10(8-9)6-3-7-11/h2,4-5,7-8,11H,3,6H2,1H3. The lowest BCUT2D eigenvalue weighted by Gasteiger charge is -1.99. The zero-order valence-electron chi connectivity index (χ0n) is 6.75. The first-order chi connectivity index (χ1) is 5.33. The normalized spacial score (nSPS) is 10.0. The van der Waals surface area contributed by atoms with Gasteiger partial charge in [0.25, 0.3) is 0 Å². The van der Waals surface area contributed by atoms with Gasteiger partial charge in [0.1, 0.15) is 0 Å². The van der Waals surface area contributed by atoms with E-state index in [1.807, 2.05) is 6.07 Å². The Hall–Kier alpha value is -0.820. The first-order valence-corrected chi connectivity index (χ1v) is 3.84. The second-order valence-corrected chi connectivity index (χ2v) is 2.71. The van der Waals surface area contributed by atoms with E-state index < -0.39 is 0 Å². The zero-order valence-corrected chi connectivity index (χ0v) is 6.75. The predicted molar refractivity (Wildman–Crippen MR) is 45.7 cm³/mol. The average Bonchev–Trinajstić information content (AvgIpc) is 2.01. The second-order valence-electron chi connectivity index (χ2n) is 2.71. The molecule has 0 aliphatic rings. The Kier molecular flexibility index (Phi) is 3.12. The lowest BCUT2D eigenvalue weighted by molar-refractivity contribution is 0.375. The van der Waals surface area contributed by atoms with E-state index in [4.69, 9.17) is 5.11 Å². The summed E-state index contributed by atoms with van der Waals surface area (Å²) in [5.41, 5.74) is 2.57. The maximum Gasteiger partial charge on any atom is 0.0802 e. The highest BCUT2D eigenvalue weighted by Crippen LogP contribution is 2.06. The molecule has 1 nitrogen and oxygen atoms in total. The lowest BCUT2D eigenvalue weighted by Crippen LogP contribution is -1.85. The minimum absolute atomic E-state index is 0.740. The first-order valence-electron chi connectivity index (χ1n) is 3.84. The van der Waals surface area contributed by atoms with Crippen molar-refractivity contribution in [3.8, 4) is 0 Å². The van der Waals surface area contributed by atoms with Crippen molar-refractivity contribution in [1.29, 1.82) is 0 Å². The summed E-state index contributed by atoms with van der Waals surface area (Å²) >= 11 is 0. The van der Waals surface area contributed by atoms with Crippen LogP contribution in [0.3, 0.4) is 0 Å². The minimum Gasteiger partial charge on any atom is -0.390 e. The molecule has 0 saturated heterocycles. The average molecular weight is 149 g/mol. The summed E-state index contributed by atoms with van der Waals surface area (Å²) < 4.78 is 0. The fourth-order valence-corrected chi connectivity index (χ4v) is 1.10. The summed E-state index contributed by atoms with van der Waals surface area (Å²) in [4.78, 5) is 0. The molecule has 0 aliphatic heterocycles. The van der Waals surface area contributed by atoms with Gasteiger partial charge in [0.2, 0.25) is 0 Å². The first kappa shape index (κ1) is 8.28. The molecule has 1 rings (SSSR count). The number of aliphatic hydroxyl groups is 1. The van der Waals surface area contributed by atoms with Crippen LogP contribution in [-0.4, -0.2) is 5.11 Å². The van der Waals surface area contributed by atoms with Gasteiger partial charge in [-0.2, -0.15) is 0 Å². The number of aliphatic hydroxyl groups excluding tert-OH is 1. The van der Waals surface area contributed by atoms with E-state index >= 15 is 0 Å². The molecule has 1 aromatic carbocycles. The van der Waals surface area contributed by atoms with Crippen LogP contribution < -0.4 is 0 Å². The third kappa shape index (κ3) is 2.72. The van der Waals surface area contributed by atoms with Gasteiger partial charge in [-0.15, -0.1) is 0 Å². The molecular formula is C10H13O. The molecule has 1 heteroatoms. The summed E-state index contributed by atoms with van der Waals surface area (Å²) in [6, 6.07) is 8.34. The van der Waals surface area contributed by atoms with Crippen LogP contribution in [0.1, 0.15) is 17.5 Å². The van der Waals surface area contributed by atoms with Crippen LogP contribution in [0.5, 0.6) is 0 Å². The van der Waals surface area contributed by atoms with Crippen molar-refractivity contribution >= 4 is 0 Å². The van der Waals surface area contributed by atoms with Crippen LogP contribution in [0.2, 0.25) is 0 Å². The summed E-state index contributed by atoms with van der Waals surface area (Å²) in [5, 5.41) is 8.47. The Morgan fingerprint density at radius 3 is 2.91 bits per heavy atom. The van der Waals surface area contributed by atoms with E-state index in [1.165, 1.54) is 17.7 Å². The van der Waals surface area contributed by atoms with Gasteiger partial charge in [-0.05, 0) is 25.3 Å². The molecule has 0 fully saturated rings. The molecule has 0 atom stereocenters. The van der Waals surface area contributed by atoms with Gasteiger partial charge in [-0.25, -0.2) is 0 Å². The monoisotopic (exact) mass is 149 g/mol. The van der Waals surface area contributed by atoms with E-state index in [-0.39, 0.29) is 0 Å². The highest BCUT2D eigenvalue weighted by atomic mass is 16.2. The summed E-state index contributed by atoms with van der Waals surface area (Å²) in [6.07, 6.45) is 1.67. The van der Waals surface area contributed by atoms with Crippen molar-refractivity contribution in [3.63, 3.8) is 0 Å². The third-order valence-corrected chi connectivity index (χ3v) is 1.64. The SMILES string of the molecule is Cc1cccc(CC[CH]O)c1. The van der Waals surface area contributed by atoms with Crippen LogP contribution in [-0.2, 0) is 6.42 Å². The highest BCUT2D eigenvalue weighted by Gasteiger charge is 1.91. The Balaban J connectivity index is 2.56. The Morgan fingerprint density at radius 2 is 2.27 bits per heavy atom. The minimum atomic E-state index is 0.740. The van der Waals surface area contributed by atoms with E-state index in [1.54, 1.807) is 0 Å². The fraction of sp³-hybridized carbons (Fsp3) is 0.300. The molecule has 1 radical (unpaired) electrons. The third-order valence-electron chi connectivity index (χ3n) is 1.64. The molecule has 0 bridgehead atoms. The molecule has 0 spiro atoms. The van der Waals surface area contributed by atoms with Crippen LogP contribution in [0.15, 0.2) is 24.3 Å². The molecular weight excluding hydrogens is 136 g/mol. The highest BCUT2D eigenvalue weighted by molar-refractivity contribution is 5.22. The number of rotatable bonds is 3. The molecule has 0 amide bonds. The van der Waals surface area contributed by atoms with Crippen LogP contribution >= 0.6 is 0 Å². The van der Waals surface area contributed by atoms with E-state index in [0.29, 0.717) is 0 Å². The van der Waals surface area contributed by atoms with E-state index in [2.05, 4.69) is 25.1 Å². The van der Waals surface area contributed by atoms with Gasteiger partial charge in [-0.1, -0.05) is 29.8 Å². The van der Waals surface area contributed by atoms with Crippen molar-refractivity contribution in [3.05, 3.63) is 42.0 Å². The van der Waals surface area contributed by atoms with Crippen molar-refractivity contribution in [2.24, 2.45) is 0 Å². The molecule has 0 unspecified atom stereocenters. The smallest absolute Gasteiger partial charge is 0.0802 e. The zero-order chi connectivity index (χ0) is 8.10. The Bertz CT molecular complexity index is 218. The van der Waals surface area contributed by atoms with Crippen LogP contribution in [0, 0.1) is 13.5 Å². The van der Waals surface area contributed by atoms with Gasteiger partial charge in [0.05, 0.1) is 6.61 Å². The van der Waals surface area contributed by atoms with Gasteiger partial charge in [0.15, 0.2) is 0 Å². The molecule has 1 aromatic rings. The van der Waals surface area contributed by atoms with Crippen LogP contribution in [0.25, 0.3) is 0 Å². The summed E-state index contributed by atoms with van der Waals surface area (Å²) in [6.45, 7) is 3.29. The van der Waals surface area contributed by atoms with Crippen molar-refractivity contribution < 1.29 is 5.11 Å². The van der Waals surface area contributed by atoms with Crippen molar-refractivity contribution in [2.45, 2.75) is 19.8 Å². The molecule has 11 heavy (non-hydrogen) atoms. The summed E-state index contributed by atoms with van der Waals surface area (Å²) in [5.74, 6) is 0. The van der Waals surface area contributed by atoms with Crippen molar-refractivity contribution in [1.82, 2.24) is 0 Å². The number of hydrogen-bond acceptors (Lipinski definition) is 1. The molecule has 59 valence electrons. The van der Waals surface area contributed by atoms with Gasteiger partial charge in [-0.3, -0.25) is 0 Å². The molecule has 0 aromatic heterocycles. The molecule has 0 aliphatic carbocycles. The lowest BCUT2D eigenvalue weighted by atomic mass is 10.1. The molecule has 0 heterocycles.